The quantitative estimate of drug-likeness (QED) is 0.757. The van der Waals surface area contributed by atoms with E-state index < -0.39 is 5.54 Å². The molecule has 1 atom stereocenters. The molecule has 0 aromatic carbocycles. The van der Waals surface area contributed by atoms with Crippen molar-refractivity contribution in [1.82, 2.24) is 24.6 Å². The van der Waals surface area contributed by atoms with E-state index in [4.69, 9.17) is 0 Å². The number of carbonyl (C=O) groups excluding carboxylic acids is 2. The summed E-state index contributed by atoms with van der Waals surface area (Å²) in [4.78, 5) is 38.9. The van der Waals surface area contributed by atoms with Gasteiger partial charge in [0.15, 0.2) is 0 Å². The monoisotopic (exact) mass is 355 g/mol. The number of hydrogen-bond donors (Lipinski definition) is 0. The molecule has 4 rings (SSSR count). The molecule has 0 unspecified atom stereocenters. The lowest BCUT2D eigenvalue weighted by atomic mass is 9.92. The summed E-state index contributed by atoms with van der Waals surface area (Å²) in [6.45, 7) is 3.48. The van der Waals surface area contributed by atoms with Crippen molar-refractivity contribution < 1.29 is 9.59 Å². The second kappa shape index (κ2) is 6.08. The van der Waals surface area contributed by atoms with E-state index in [1.54, 1.807) is 26.9 Å². The zero-order chi connectivity index (χ0) is 18.3. The van der Waals surface area contributed by atoms with Crippen LogP contribution in [-0.4, -0.2) is 68.2 Å². The Balaban J connectivity index is 1.65. The normalized spacial score (nSPS) is 23.2. The van der Waals surface area contributed by atoms with Crippen LogP contribution in [0.1, 0.15) is 13.3 Å². The lowest BCUT2D eigenvalue weighted by Gasteiger charge is -2.47. The number of piperazine rings is 1. The Hall–Kier alpha value is -2.97. The SMILES string of the molecule is CC(=O)N1CC(=O)N(c2cnn(C)c2)C[C@@]12CCN(c1ccncn1)C2. The number of rotatable bonds is 2. The molecule has 0 saturated carbocycles. The number of aryl methyl sites for hydroxylation is 1. The Labute approximate surface area is 151 Å². The highest BCUT2D eigenvalue weighted by Crippen LogP contribution is 2.35. The summed E-state index contributed by atoms with van der Waals surface area (Å²) in [6, 6.07) is 1.87. The first-order valence-electron chi connectivity index (χ1n) is 8.57. The lowest BCUT2D eigenvalue weighted by molar-refractivity contribution is -0.142. The van der Waals surface area contributed by atoms with Crippen molar-refractivity contribution in [2.24, 2.45) is 7.05 Å². The van der Waals surface area contributed by atoms with Gasteiger partial charge in [0.1, 0.15) is 18.7 Å². The maximum Gasteiger partial charge on any atom is 0.246 e. The number of carbonyl (C=O) groups is 2. The zero-order valence-corrected chi connectivity index (χ0v) is 14.9. The van der Waals surface area contributed by atoms with Crippen molar-refractivity contribution in [3.63, 3.8) is 0 Å². The van der Waals surface area contributed by atoms with Crippen LogP contribution in [0.25, 0.3) is 0 Å². The molecule has 2 aromatic heterocycles. The molecule has 136 valence electrons. The average Bonchev–Trinajstić information content (AvgIpc) is 3.25. The highest BCUT2D eigenvalue weighted by Gasteiger charge is 2.50. The molecule has 0 bridgehead atoms. The molecule has 1 spiro atoms. The molecular weight excluding hydrogens is 334 g/mol. The van der Waals surface area contributed by atoms with Gasteiger partial charge in [0.05, 0.1) is 24.0 Å². The summed E-state index contributed by atoms with van der Waals surface area (Å²) in [5.41, 5.74) is 0.334. The fraction of sp³-hybridized carbons (Fsp3) is 0.471. The van der Waals surface area contributed by atoms with Crippen molar-refractivity contribution in [3.8, 4) is 0 Å². The van der Waals surface area contributed by atoms with Crippen LogP contribution in [-0.2, 0) is 16.6 Å². The molecule has 4 heterocycles. The molecule has 0 N–H and O–H groups in total. The van der Waals surface area contributed by atoms with Crippen LogP contribution < -0.4 is 9.80 Å². The summed E-state index contributed by atoms with van der Waals surface area (Å²) in [5, 5.41) is 4.17. The van der Waals surface area contributed by atoms with Crippen molar-refractivity contribution in [3.05, 3.63) is 31.0 Å². The fourth-order valence-corrected chi connectivity index (χ4v) is 3.96. The van der Waals surface area contributed by atoms with Crippen LogP contribution in [0.5, 0.6) is 0 Å². The van der Waals surface area contributed by atoms with E-state index in [2.05, 4.69) is 20.0 Å². The van der Waals surface area contributed by atoms with Gasteiger partial charge >= 0.3 is 0 Å². The smallest absolute Gasteiger partial charge is 0.246 e. The van der Waals surface area contributed by atoms with Crippen molar-refractivity contribution in [1.29, 1.82) is 0 Å². The van der Waals surface area contributed by atoms with Crippen LogP contribution in [0.4, 0.5) is 11.5 Å². The first-order chi connectivity index (χ1) is 12.5. The molecule has 2 aliphatic rings. The number of amides is 2. The molecule has 9 nitrogen and oxygen atoms in total. The summed E-state index contributed by atoms with van der Waals surface area (Å²) in [6.07, 6.45) is 7.52. The minimum absolute atomic E-state index is 0.0753. The first-order valence-corrected chi connectivity index (χ1v) is 8.57. The Morgan fingerprint density at radius 3 is 2.81 bits per heavy atom. The largest absolute Gasteiger partial charge is 0.354 e. The Morgan fingerprint density at radius 1 is 1.31 bits per heavy atom. The molecule has 2 aliphatic heterocycles. The van der Waals surface area contributed by atoms with Gasteiger partial charge in [-0.1, -0.05) is 0 Å². The minimum Gasteiger partial charge on any atom is -0.354 e. The third-order valence-electron chi connectivity index (χ3n) is 5.23. The summed E-state index contributed by atoms with van der Waals surface area (Å²) >= 11 is 0. The van der Waals surface area contributed by atoms with Crippen molar-refractivity contribution in [2.75, 3.05) is 36.0 Å². The maximum absolute atomic E-state index is 12.7. The molecule has 2 fully saturated rings. The molecule has 2 aromatic rings. The molecule has 2 amide bonds. The number of hydrogen-bond acceptors (Lipinski definition) is 6. The van der Waals surface area contributed by atoms with Gasteiger partial charge < -0.3 is 14.7 Å². The third kappa shape index (κ3) is 2.69. The van der Waals surface area contributed by atoms with Crippen LogP contribution in [0.3, 0.4) is 0 Å². The van der Waals surface area contributed by atoms with E-state index in [1.165, 1.54) is 13.3 Å². The van der Waals surface area contributed by atoms with E-state index in [-0.39, 0.29) is 18.4 Å². The van der Waals surface area contributed by atoms with Gasteiger partial charge in [0.2, 0.25) is 11.8 Å². The van der Waals surface area contributed by atoms with Crippen LogP contribution >= 0.6 is 0 Å². The highest BCUT2D eigenvalue weighted by molar-refractivity contribution is 5.98. The second-order valence-electron chi connectivity index (χ2n) is 6.92. The van der Waals surface area contributed by atoms with Gasteiger partial charge in [-0.15, -0.1) is 0 Å². The summed E-state index contributed by atoms with van der Waals surface area (Å²) < 4.78 is 1.68. The molecule has 2 saturated heterocycles. The van der Waals surface area contributed by atoms with Gasteiger partial charge in [0.25, 0.3) is 0 Å². The predicted octanol–water partition coefficient (Wildman–Crippen LogP) is 0.0543. The van der Waals surface area contributed by atoms with Gasteiger partial charge in [-0.3, -0.25) is 14.3 Å². The number of nitrogens with zero attached hydrogens (tertiary/aromatic N) is 7. The van der Waals surface area contributed by atoms with Crippen LogP contribution in [0, 0.1) is 0 Å². The number of anilines is 2. The van der Waals surface area contributed by atoms with Gasteiger partial charge in [-0.2, -0.15) is 5.10 Å². The van der Waals surface area contributed by atoms with E-state index in [1.807, 2.05) is 19.3 Å². The molecule has 26 heavy (non-hydrogen) atoms. The van der Waals surface area contributed by atoms with Gasteiger partial charge in [-0.25, -0.2) is 9.97 Å². The van der Waals surface area contributed by atoms with Gasteiger partial charge in [-0.05, 0) is 12.5 Å². The Morgan fingerprint density at radius 2 is 2.15 bits per heavy atom. The maximum atomic E-state index is 12.7. The average molecular weight is 355 g/mol. The summed E-state index contributed by atoms with van der Waals surface area (Å²) in [7, 11) is 1.82. The standard InChI is InChI=1S/C17H21N7O2/c1-13(25)24-9-16(26)23(14-7-20-21(2)8-14)11-17(24)4-6-22(10-17)15-3-5-18-12-19-15/h3,5,7-8,12H,4,6,9-11H2,1-2H3/t17-/m0/s1. The highest BCUT2D eigenvalue weighted by atomic mass is 16.2. The van der Waals surface area contributed by atoms with E-state index in [0.717, 1.165) is 24.5 Å². The molecule has 9 heteroatoms. The molecular formula is C17H21N7O2. The van der Waals surface area contributed by atoms with Crippen molar-refractivity contribution >= 4 is 23.3 Å². The van der Waals surface area contributed by atoms with Gasteiger partial charge in [0, 0.05) is 39.5 Å². The van der Waals surface area contributed by atoms with E-state index in [0.29, 0.717) is 13.1 Å². The van der Waals surface area contributed by atoms with E-state index in [9.17, 15) is 9.59 Å². The second-order valence-corrected chi connectivity index (χ2v) is 6.92. The van der Waals surface area contributed by atoms with E-state index >= 15 is 0 Å². The lowest BCUT2D eigenvalue weighted by Crippen LogP contribution is -2.66. The number of aromatic nitrogens is 4. The fourth-order valence-electron chi connectivity index (χ4n) is 3.96. The zero-order valence-electron chi connectivity index (χ0n) is 14.9. The minimum atomic E-state index is -0.430. The molecule has 0 aliphatic carbocycles. The van der Waals surface area contributed by atoms with Crippen LogP contribution in [0.2, 0.25) is 0 Å². The molecule has 0 radical (unpaired) electrons. The summed E-state index contributed by atoms with van der Waals surface area (Å²) in [5.74, 6) is 0.679. The van der Waals surface area contributed by atoms with Crippen molar-refractivity contribution in [2.45, 2.75) is 18.9 Å². The first kappa shape index (κ1) is 16.5. The van der Waals surface area contributed by atoms with Crippen LogP contribution in [0.15, 0.2) is 31.0 Å². The third-order valence-corrected chi connectivity index (χ3v) is 5.23. The topological polar surface area (TPSA) is 87.5 Å². The predicted molar refractivity (Wildman–Crippen MR) is 94.5 cm³/mol. The Bertz CT molecular complexity index is 837. The Kier molecular flexibility index (Phi) is 3.86.